The highest BCUT2D eigenvalue weighted by Crippen LogP contribution is 2.35. The quantitative estimate of drug-likeness (QED) is 0.162. The molecule has 38 heavy (non-hydrogen) atoms. The van der Waals surface area contributed by atoms with Crippen LogP contribution in [0.3, 0.4) is 0 Å². The van der Waals surface area contributed by atoms with E-state index in [1.807, 2.05) is 12.1 Å². The summed E-state index contributed by atoms with van der Waals surface area (Å²) in [4.78, 5) is 40.0. The molecule has 6 N–H and O–H groups in total. The molecule has 2 heterocycles. The van der Waals surface area contributed by atoms with Crippen molar-refractivity contribution in [2.75, 3.05) is 38.7 Å². The Hall–Kier alpha value is -3.39. The van der Waals surface area contributed by atoms with Crippen molar-refractivity contribution < 1.29 is 39.5 Å². The van der Waals surface area contributed by atoms with E-state index >= 15 is 0 Å². The van der Waals surface area contributed by atoms with Gasteiger partial charge in [-0.15, -0.1) is 0 Å². The molecule has 12 heteroatoms. The zero-order valence-electron chi connectivity index (χ0n) is 21.0. The maximum absolute atomic E-state index is 13.2. The molecule has 0 aromatic heterocycles. The Labute approximate surface area is 219 Å². The number of carbonyl (C=O) groups excluding carboxylic acids is 3. The van der Waals surface area contributed by atoms with Gasteiger partial charge in [-0.25, -0.2) is 0 Å². The fourth-order valence-electron chi connectivity index (χ4n) is 4.67. The van der Waals surface area contributed by atoms with Gasteiger partial charge in [-0.3, -0.25) is 19.3 Å². The lowest BCUT2D eigenvalue weighted by atomic mass is 9.96. The summed E-state index contributed by atoms with van der Waals surface area (Å²) in [6, 6.07) is 10.9. The molecule has 2 amide bonds. The van der Waals surface area contributed by atoms with Crippen molar-refractivity contribution in [1.82, 2.24) is 15.1 Å². The zero-order chi connectivity index (χ0) is 27.5. The average molecular weight is 529 g/mol. The van der Waals surface area contributed by atoms with Crippen LogP contribution in [0.2, 0.25) is 0 Å². The molecule has 1 unspecified atom stereocenters. The van der Waals surface area contributed by atoms with Crippen LogP contribution in [-0.4, -0.2) is 99.3 Å². The highest BCUT2D eigenvalue weighted by atomic mass is 16.6. The first kappa shape index (κ1) is 27.6. The molecule has 0 bridgehead atoms. The van der Waals surface area contributed by atoms with Gasteiger partial charge in [0.2, 0.25) is 5.91 Å². The first-order valence-corrected chi connectivity index (χ1v) is 12.2. The largest absolute Gasteiger partial charge is 0.381 e. The summed E-state index contributed by atoms with van der Waals surface area (Å²) in [6.45, 7) is 4.32. The number of fused-ring (bicyclic) bond motifs is 1. The van der Waals surface area contributed by atoms with Gasteiger partial charge in [0.05, 0.1) is 13.2 Å². The molecule has 2 aliphatic heterocycles. The molecule has 204 valence electrons. The predicted molar refractivity (Wildman–Crippen MR) is 134 cm³/mol. The second-order valence-electron chi connectivity index (χ2n) is 9.41. The van der Waals surface area contributed by atoms with Crippen molar-refractivity contribution in [3.8, 4) is 0 Å². The molecule has 4 rings (SSSR count). The fraction of sp³-hybridized carbons (Fsp3) is 0.423. The lowest BCUT2D eigenvalue weighted by Crippen LogP contribution is -2.70. The summed E-state index contributed by atoms with van der Waals surface area (Å²) in [5.41, 5.74) is 3.46. The summed E-state index contributed by atoms with van der Waals surface area (Å²) in [5, 5.41) is 46.1. The number of carbonyl (C=O) groups is 3. The minimum Gasteiger partial charge on any atom is -0.381 e. The van der Waals surface area contributed by atoms with E-state index in [1.54, 1.807) is 12.1 Å². The molecule has 12 nitrogen and oxygen atoms in total. The maximum atomic E-state index is 13.2. The molecule has 2 aromatic rings. The SMILES string of the molecule is CNC(=O)C(N1Cc2c(NCc3ccc(CN4CCOCC4)cc3)cccc2C1=O)C(O)(O)C(O)(O)C=O. The second kappa shape index (κ2) is 11.2. The standard InChI is InChI=1S/C26H32N4O8/c1-27-23(32)22(26(36,37)25(34,35)16-31)30-15-20-19(24(30)33)3-2-4-21(20)28-13-17-5-7-18(8-6-17)14-29-9-11-38-12-10-29/h2-8,16,22,28,34-37H,9-15H2,1H3,(H,27,32). The van der Waals surface area contributed by atoms with Crippen molar-refractivity contribution in [3.63, 3.8) is 0 Å². The van der Waals surface area contributed by atoms with Gasteiger partial charge in [0.25, 0.3) is 17.5 Å². The van der Waals surface area contributed by atoms with E-state index in [9.17, 15) is 34.8 Å². The summed E-state index contributed by atoms with van der Waals surface area (Å²) >= 11 is 0. The molecule has 1 atom stereocenters. The summed E-state index contributed by atoms with van der Waals surface area (Å²) < 4.78 is 5.39. The van der Waals surface area contributed by atoms with Crippen molar-refractivity contribution in [3.05, 3.63) is 64.7 Å². The third kappa shape index (κ3) is 5.41. The van der Waals surface area contributed by atoms with E-state index in [1.165, 1.54) is 18.7 Å². The van der Waals surface area contributed by atoms with E-state index in [-0.39, 0.29) is 12.1 Å². The molecule has 2 aromatic carbocycles. The number of amides is 2. The molecular weight excluding hydrogens is 496 g/mol. The second-order valence-corrected chi connectivity index (χ2v) is 9.41. The number of nitrogens with zero attached hydrogens (tertiary/aromatic N) is 2. The van der Waals surface area contributed by atoms with Crippen LogP contribution >= 0.6 is 0 Å². The Morgan fingerprint density at radius 1 is 1.08 bits per heavy atom. The normalized spacial score (nSPS) is 17.2. The first-order chi connectivity index (χ1) is 18.1. The molecule has 1 fully saturated rings. The molecule has 0 spiro atoms. The monoisotopic (exact) mass is 528 g/mol. The van der Waals surface area contributed by atoms with E-state index in [0.29, 0.717) is 17.8 Å². The number of nitrogens with one attached hydrogen (secondary N) is 2. The highest BCUT2D eigenvalue weighted by molar-refractivity contribution is 6.03. The third-order valence-electron chi connectivity index (χ3n) is 6.91. The third-order valence-corrected chi connectivity index (χ3v) is 6.91. The molecule has 1 saturated heterocycles. The van der Waals surface area contributed by atoms with Gasteiger partial charge in [-0.1, -0.05) is 30.3 Å². The minimum atomic E-state index is -3.71. The number of hydrogen-bond donors (Lipinski definition) is 6. The van der Waals surface area contributed by atoms with Crippen molar-refractivity contribution in [2.45, 2.75) is 37.3 Å². The number of likely N-dealkylation sites (N-methyl/N-ethyl adjacent to an activating group) is 1. The molecule has 2 aliphatic rings. The van der Waals surface area contributed by atoms with Gasteiger partial charge in [0, 0.05) is 56.6 Å². The van der Waals surface area contributed by atoms with E-state index in [0.717, 1.165) is 43.3 Å². The van der Waals surface area contributed by atoms with Crippen LogP contribution < -0.4 is 10.6 Å². The number of aliphatic hydroxyl groups is 4. The smallest absolute Gasteiger partial charge is 0.279 e. The Morgan fingerprint density at radius 2 is 1.74 bits per heavy atom. The molecule has 0 saturated carbocycles. The predicted octanol–water partition coefficient (Wildman–Crippen LogP) is -1.24. The van der Waals surface area contributed by atoms with Crippen molar-refractivity contribution >= 4 is 23.8 Å². The molecular formula is C26H32N4O8. The Bertz CT molecular complexity index is 1180. The maximum Gasteiger partial charge on any atom is 0.279 e. The fourth-order valence-corrected chi connectivity index (χ4v) is 4.67. The van der Waals surface area contributed by atoms with Crippen LogP contribution in [-0.2, 0) is 34.0 Å². The Morgan fingerprint density at radius 3 is 2.37 bits per heavy atom. The average Bonchev–Trinajstić information content (AvgIpc) is 3.24. The van der Waals surface area contributed by atoms with Crippen molar-refractivity contribution in [2.24, 2.45) is 0 Å². The first-order valence-electron chi connectivity index (χ1n) is 12.2. The van der Waals surface area contributed by atoms with Gasteiger partial charge in [0.15, 0.2) is 12.3 Å². The molecule has 0 radical (unpaired) electrons. The number of aldehydes is 1. The van der Waals surface area contributed by atoms with Gasteiger partial charge < -0.3 is 40.7 Å². The Kier molecular flexibility index (Phi) is 8.11. The van der Waals surface area contributed by atoms with Crippen LogP contribution in [0.15, 0.2) is 42.5 Å². The van der Waals surface area contributed by atoms with Crippen LogP contribution in [0.1, 0.15) is 27.0 Å². The number of morpholine rings is 1. The van der Waals surface area contributed by atoms with Crippen LogP contribution in [0.4, 0.5) is 5.69 Å². The summed E-state index contributed by atoms with van der Waals surface area (Å²) in [5.74, 6) is -9.24. The van der Waals surface area contributed by atoms with Gasteiger partial charge >= 0.3 is 0 Å². The number of hydrogen-bond acceptors (Lipinski definition) is 10. The van der Waals surface area contributed by atoms with Crippen LogP contribution in [0, 0.1) is 0 Å². The van der Waals surface area contributed by atoms with Crippen molar-refractivity contribution in [1.29, 1.82) is 0 Å². The number of ether oxygens (including phenoxy) is 1. The topological polar surface area (TPSA) is 172 Å². The number of anilines is 1. The summed E-state index contributed by atoms with van der Waals surface area (Å²) in [6.07, 6.45) is -0.518. The van der Waals surface area contributed by atoms with Crippen LogP contribution in [0.25, 0.3) is 0 Å². The summed E-state index contributed by atoms with van der Waals surface area (Å²) in [7, 11) is 1.18. The van der Waals surface area contributed by atoms with Gasteiger partial charge in [-0.05, 0) is 23.3 Å². The van der Waals surface area contributed by atoms with E-state index < -0.39 is 35.7 Å². The highest BCUT2D eigenvalue weighted by Gasteiger charge is 2.60. The van der Waals surface area contributed by atoms with E-state index in [4.69, 9.17) is 4.74 Å². The Balaban J connectivity index is 1.49. The van der Waals surface area contributed by atoms with Gasteiger partial charge in [-0.2, -0.15) is 0 Å². The number of rotatable bonds is 10. The zero-order valence-corrected chi connectivity index (χ0v) is 21.0. The van der Waals surface area contributed by atoms with Gasteiger partial charge in [0.1, 0.15) is 0 Å². The minimum absolute atomic E-state index is 0.202. The lowest BCUT2D eigenvalue weighted by molar-refractivity contribution is -0.345. The molecule has 0 aliphatic carbocycles. The van der Waals surface area contributed by atoms with E-state index in [2.05, 4.69) is 27.7 Å². The van der Waals surface area contributed by atoms with Crippen LogP contribution in [0.5, 0.6) is 0 Å². The number of benzene rings is 2. The lowest BCUT2D eigenvalue weighted by Gasteiger charge is -2.40.